The van der Waals surface area contributed by atoms with E-state index in [0.29, 0.717) is 28.0 Å². The number of hydrogen-bond acceptors (Lipinski definition) is 3. The molecule has 0 aliphatic heterocycles. The molecule has 0 aliphatic rings. The van der Waals surface area contributed by atoms with E-state index < -0.39 is 5.97 Å². The van der Waals surface area contributed by atoms with Crippen molar-refractivity contribution in [3.05, 3.63) is 91.9 Å². The number of hydrogen-bond donors (Lipinski definition) is 0. The molecular formula is C22H17BrCl2O3. The van der Waals surface area contributed by atoms with Crippen molar-refractivity contribution in [2.75, 3.05) is 6.61 Å². The van der Waals surface area contributed by atoms with Crippen LogP contribution in [-0.2, 0) is 6.42 Å². The average molecular weight is 480 g/mol. The number of benzene rings is 3. The summed E-state index contributed by atoms with van der Waals surface area (Å²) in [5, 5.41) is 0.868. The van der Waals surface area contributed by atoms with Crippen molar-refractivity contribution in [1.29, 1.82) is 0 Å². The summed E-state index contributed by atoms with van der Waals surface area (Å²) in [4.78, 5) is 12.7. The van der Waals surface area contributed by atoms with Gasteiger partial charge in [-0.15, -0.1) is 0 Å². The Kier molecular flexibility index (Phi) is 7.00. The highest BCUT2D eigenvalue weighted by Gasteiger charge is 2.17. The maximum absolute atomic E-state index is 12.7. The summed E-state index contributed by atoms with van der Waals surface area (Å²) in [5.41, 5.74) is 2.21. The van der Waals surface area contributed by atoms with Gasteiger partial charge in [0.2, 0.25) is 0 Å². The molecule has 0 bridgehead atoms. The van der Waals surface area contributed by atoms with E-state index in [4.69, 9.17) is 32.7 Å². The molecule has 28 heavy (non-hydrogen) atoms. The molecule has 6 heteroatoms. The van der Waals surface area contributed by atoms with Crippen LogP contribution < -0.4 is 9.47 Å². The van der Waals surface area contributed by atoms with Crippen molar-refractivity contribution >= 4 is 45.1 Å². The highest BCUT2D eigenvalue weighted by molar-refractivity contribution is 9.10. The van der Waals surface area contributed by atoms with Crippen LogP contribution in [-0.4, -0.2) is 12.6 Å². The lowest BCUT2D eigenvalue weighted by atomic mass is 10.1. The molecule has 0 fully saturated rings. The molecule has 0 saturated heterocycles. The molecule has 0 N–H and O–H groups in total. The van der Waals surface area contributed by atoms with E-state index in [1.54, 1.807) is 31.2 Å². The van der Waals surface area contributed by atoms with Gasteiger partial charge in [0.25, 0.3) is 0 Å². The summed E-state index contributed by atoms with van der Waals surface area (Å²) < 4.78 is 12.1. The molecule has 0 atom stereocenters. The molecule has 0 radical (unpaired) electrons. The van der Waals surface area contributed by atoms with Crippen LogP contribution >= 0.6 is 39.1 Å². The molecule has 0 amide bonds. The summed E-state index contributed by atoms with van der Waals surface area (Å²) in [6.07, 6.45) is 0.731. The lowest BCUT2D eigenvalue weighted by Crippen LogP contribution is -2.12. The Bertz CT molecular complexity index is 967. The maximum atomic E-state index is 12.7. The van der Waals surface area contributed by atoms with E-state index in [1.807, 2.05) is 36.4 Å². The van der Waals surface area contributed by atoms with E-state index in [1.165, 1.54) is 0 Å². The van der Waals surface area contributed by atoms with E-state index in [0.717, 1.165) is 22.0 Å². The second kappa shape index (κ2) is 9.46. The summed E-state index contributed by atoms with van der Waals surface area (Å²) in [7, 11) is 0. The van der Waals surface area contributed by atoms with E-state index in [2.05, 4.69) is 15.9 Å². The standard InChI is InChI=1S/C22H17BrCl2O3/c1-14-19(24)12-17(13-20(14)25)28-22(26)18-11-16(23)7-8-21(18)27-10-9-15-5-3-2-4-6-15/h2-8,11-13H,9-10H2,1H3. The zero-order valence-corrected chi connectivity index (χ0v) is 18.1. The number of carbonyl (C=O) groups is 1. The fraction of sp³-hybridized carbons (Fsp3) is 0.136. The first kappa shape index (κ1) is 20.7. The highest BCUT2D eigenvalue weighted by atomic mass is 79.9. The molecule has 3 nitrogen and oxygen atoms in total. The Morgan fingerprint density at radius 3 is 2.36 bits per heavy atom. The fourth-order valence-electron chi connectivity index (χ4n) is 2.55. The van der Waals surface area contributed by atoms with E-state index in [9.17, 15) is 4.79 Å². The summed E-state index contributed by atoms with van der Waals surface area (Å²) in [5.74, 6) is 0.182. The van der Waals surface area contributed by atoms with E-state index in [-0.39, 0.29) is 5.75 Å². The van der Waals surface area contributed by atoms with Gasteiger partial charge in [0.1, 0.15) is 17.1 Å². The van der Waals surface area contributed by atoms with Crippen molar-refractivity contribution in [2.24, 2.45) is 0 Å². The highest BCUT2D eigenvalue weighted by Crippen LogP contribution is 2.31. The van der Waals surface area contributed by atoms with Gasteiger partial charge < -0.3 is 9.47 Å². The maximum Gasteiger partial charge on any atom is 0.347 e. The first-order valence-corrected chi connectivity index (χ1v) is 10.1. The minimum atomic E-state index is -0.549. The van der Waals surface area contributed by atoms with Crippen LogP contribution in [0.25, 0.3) is 0 Å². The first-order chi connectivity index (χ1) is 13.4. The van der Waals surface area contributed by atoms with Crippen molar-refractivity contribution in [1.82, 2.24) is 0 Å². The largest absolute Gasteiger partial charge is 0.492 e. The number of carbonyl (C=O) groups excluding carboxylic acids is 1. The molecule has 3 rings (SSSR count). The Labute approximate surface area is 182 Å². The van der Waals surface area contributed by atoms with Crippen molar-refractivity contribution in [3.8, 4) is 11.5 Å². The normalized spacial score (nSPS) is 10.6. The van der Waals surface area contributed by atoms with Crippen LogP contribution in [0.15, 0.2) is 65.1 Å². The Morgan fingerprint density at radius 1 is 1.00 bits per heavy atom. The lowest BCUT2D eigenvalue weighted by molar-refractivity contribution is 0.0730. The molecule has 0 saturated carbocycles. The second-order valence-corrected chi connectivity index (χ2v) is 7.86. The number of halogens is 3. The van der Waals surface area contributed by atoms with Gasteiger partial charge >= 0.3 is 5.97 Å². The number of rotatable bonds is 6. The van der Waals surface area contributed by atoms with E-state index >= 15 is 0 Å². The third-order valence-corrected chi connectivity index (χ3v) is 5.40. The minimum Gasteiger partial charge on any atom is -0.492 e. The molecule has 3 aromatic rings. The van der Waals surface area contributed by atoms with Crippen molar-refractivity contribution in [2.45, 2.75) is 13.3 Å². The molecular weight excluding hydrogens is 463 g/mol. The van der Waals surface area contributed by atoms with Crippen LogP contribution in [0.2, 0.25) is 10.0 Å². The molecule has 0 heterocycles. The third kappa shape index (κ3) is 5.28. The predicted octanol–water partition coefficient (Wildman–Crippen LogP) is 6.91. The average Bonchev–Trinajstić information content (AvgIpc) is 2.68. The van der Waals surface area contributed by atoms with Crippen LogP contribution in [0, 0.1) is 6.92 Å². The summed E-state index contributed by atoms with van der Waals surface area (Å²) in [6.45, 7) is 2.23. The lowest BCUT2D eigenvalue weighted by Gasteiger charge is -2.13. The topological polar surface area (TPSA) is 35.5 Å². The van der Waals surface area contributed by atoms with Gasteiger partial charge in [-0.1, -0.05) is 69.5 Å². The second-order valence-electron chi connectivity index (χ2n) is 6.13. The van der Waals surface area contributed by atoms with Gasteiger partial charge in [0.05, 0.1) is 6.61 Å². The molecule has 3 aromatic carbocycles. The minimum absolute atomic E-state index is 0.279. The smallest absolute Gasteiger partial charge is 0.347 e. The molecule has 144 valence electrons. The Morgan fingerprint density at radius 2 is 1.68 bits per heavy atom. The molecule has 0 unspecified atom stereocenters. The molecule has 0 spiro atoms. The van der Waals surface area contributed by atoms with Gasteiger partial charge in [-0.05, 0) is 48.4 Å². The van der Waals surface area contributed by atoms with Gasteiger partial charge in [0, 0.05) is 20.9 Å². The zero-order valence-electron chi connectivity index (χ0n) is 15.0. The monoisotopic (exact) mass is 478 g/mol. The predicted molar refractivity (Wildman–Crippen MR) is 116 cm³/mol. The SMILES string of the molecule is Cc1c(Cl)cc(OC(=O)c2cc(Br)ccc2OCCc2ccccc2)cc1Cl. The summed E-state index contributed by atoms with van der Waals surface area (Å²) in [6, 6.07) is 18.3. The first-order valence-electron chi connectivity index (χ1n) is 8.58. The van der Waals surface area contributed by atoms with Gasteiger partial charge in [-0.3, -0.25) is 0 Å². The number of ether oxygens (including phenoxy) is 2. The quantitative estimate of drug-likeness (QED) is 0.284. The fourth-order valence-corrected chi connectivity index (χ4v) is 3.38. The third-order valence-electron chi connectivity index (χ3n) is 4.12. The van der Waals surface area contributed by atoms with Crippen LogP contribution in [0.3, 0.4) is 0 Å². The van der Waals surface area contributed by atoms with Crippen molar-refractivity contribution < 1.29 is 14.3 Å². The van der Waals surface area contributed by atoms with Crippen LogP contribution in [0.4, 0.5) is 0 Å². The summed E-state index contributed by atoms with van der Waals surface area (Å²) >= 11 is 15.6. The Balaban J connectivity index is 1.75. The van der Waals surface area contributed by atoms with Crippen LogP contribution in [0.5, 0.6) is 11.5 Å². The van der Waals surface area contributed by atoms with Gasteiger partial charge in [0.15, 0.2) is 0 Å². The van der Waals surface area contributed by atoms with Gasteiger partial charge in [-0.2, -0.15) is 0 Å². The van der Waals surface area contributed by atoms with Gasteiger partial charge in [-0.25, -0.2) is 4.79 Å². The zero-order chi connectivity index (χ0) is 20.1. The Hall–Kier alpha value is -2.01. The number of esters is 1. The molecule has 0 aliphatic carbocycles. The van der Waals surface area contributed by atoms with Crippen LogP contribution in [0.1, 0.15) is 21.5 Å². The van der Waals surface area contributed by atoms with Crippen molar-refractivity contribution in [3.63, 3.8) is 0 Å². The molecule has 0 aromatic heterocycles.